The first kappa shape index (κ1) is 40.8. The molecule has 2 nitrogen and oxygen atoms in total. The van der Waals surface area contributed by atoms with Crippen LogP contribution in [0.4, 0.5) is 0 Å². The van der Waals surface area contributed by atoms with Crippen molar-refractivity contribution in [2.75, 3.05) is 0 Å². The molecule has 0 aromatic carbocycles. The van der Waals surface area contributed by atoms with Crippen molar-refractivity contribution in [1.82, 2.24) is 0 Å². The van der Waals surface area contributed by atoms with E-state index < -0.39 is 0 Å². The molecule has 0 bridgehead atoms. The molecule has 254 valence electrons. The number of primary amides is 1. The van der Waals surface area contributed by atoms with E-state index in [0.29, 0.717) is 8.19 Å². The number of allylic oxidation sites excluding steroid dienone is 4. The maximum atomic E-state index is 12.1. The van der Waals surface area contributed by atoms with Crippen LogP contribution in [0.25, 0.3) is 0 Å². The van der Waals surface area contributed by atoms with Gasteiger partial charge in [0.15, 0.2) is 0 Å². The van der Waals surface area contributed by atoms with Gasteiger partial charge < -0.3 is 5.73 Å². The molecule has 2 N–H and O–H groups in total. The van der Waals surface area contributed by atoms with E-state index in [2.05, 4.69) is 43.9 Å². The first-order valence-corrected chi connectivity index (χ1v) is 20.6. The number of rotatable bonds is 33. The number of amides is 1. The van der Waals surface area contributed by atoms with Gasteiger partial charge in [-0.05, 0) is 94.0 Å². The van der Waals surface area contributed by atoms with Crippen molar-refractivity contribution in [3.8, 4) is 0 Å². The molecule has 1 aromatic heterocycles. The SMILES string of the molecule is CCCCCCCC/C=C\CCCCCCCCc1c[pH]c(C(N)=O)c1CCCCCCCC/C=C\CCCCCCCC. The topological polar surface area (TPSA) is 43.1 Å². The van der Waals surface area contributed by atoms with Crippen LogP contribution in [0.2, 0.25) is 0 Å². The Hall–Kier alpha value is -1.27. The van der Waals surface area contributed by atoms with Crippen LogP contribution in [-0.2, 0) is 12.8 Å². The fourth-order valence-corrected chi connectivity index (χ4v) is 7.57. The molecule has 0 aliphatic carbocycles. The summed E-state index contributed by atoms with van der Waals surface area (Å²) in [7, 11) is 0.492. The molecule has 1 unspecified atom stereocenters. The molecular weight excluding hydrogens is 553 g/mol. The van der Waals surface area contributed by atoms with Crippen molar-refractivity contribution >= 4 is 14.1 Å². The Bertz CT molecular complexity index is 823. The normalized spacial score (nSPS) is 12.0. The van der Waals surface area contributed by atoms with Crippen molar-refractivity contribution in [3.63, 3.8) is 0 Å². The van der Waals surface area contributed by atoms with E-state index in [4.69, 9.17) is 5.73 Å². The van der Waals surface area contributed by atoms with Gasteiger partial charge in [0.1, 0.15) is 0 Å². The Morgan fingerprint density at radius 2 is 0.864 bits per heavy atom. The molecule has 1 heterocycles. The second kappa shape index (κ2) is 31.7. The van der Waals surface area contributed by atoms with Crippen LogP contribution in [0, 0.1) is 0 Å². The van der Waals surface area contributed by atoms with Gasteiger partial charge in [-0.15, -0.1) is 8.19 Å². The minimum Gasteiger partial charge on any atom is -0.365 e. The molecule has 0 saturated carbocycles. The van der Waals surface area contributed by atoms with Crippen LogP contribution < -0.4 is 5.73 Å². The average molecular weight is 628 g/mol. The van der Waals surface area contributed by atoms with E-state index in [1.165, 1.54) is 191 Å². The van der Waals surface area contributed by atoms with Gasteiger partial charge in [-0.3, -0.25) is 4.79 Å². The summed E-state index contributed by atoms with van der Waals surface area (Å²) in [5, 5.41) is 0.928. The largest absolute Gasteiger partial charge is 0.365 e. The Labute approximate surface area is 277 Å². The van der Waals surface area contributed by atoms with Crippen molar-refractivity contribution < 1.29 is 4.79 Å². The first-order chi connectivity index (χ1) is 21.7. The summed E-state index contributed by atoms with van der Waals surface area (Å²) in [6, 6.07) is 0. The maximum absolute atomic E-state index is 12.1. The summed E-state index contributed by atoms with van der Waals surface area (Å²) in [5.74, 6) is 2.14. The smallest absolute Gasteiger partial charge is 0.252 e. The molecule has 1 atom stereocenters. The summed E-state index contributed by atoms with van der Waals surface area (Å²) in [5.41, 5.74) is 8.53. The lowest BCUT2D eigenvalue weighted by atomic mass is 9.98. The number of unbranched alkanes of at least 4 members (excludes halogenated alkanes) is 24. The highest BCUT2D eigenvalue weighted by Crippen LogP contribution is 2.30. The van der Waals surface area contributed by atoms with Gasteiger partial charge in [0, 0.05) is 0 Å². The van der Waals surface area contributed by atoms with Gasteiger partial charge in [0.25, 0.3) is 5.91 Å². The summed E-state index contributed by atoms with van der Waals surface area (Å²) in [4.78, 5) is 12.1. The van der Waals surface area contributed by atoms with Gasteiger partial charge >= 0.3 is 0 Å². The summed E-state index contributed by atoms with van der Waals surface area (Å²) in [6.07, 6.45) is 49.3. The zero-order valence-electron chi connectivity index (χ0n) is 29.6. The number of carbonyl (C=O) groups is 1. The molecule has 1 aromatic rings. The standard InChI is InChI=1S/C41H74NOP/c1-3-5-7-9-11-13-15-17-19-21-23-25-27-29-31-33-35-38-37-44-40(41(42)43)39(38)36-34-32-30-28-26-24-22-20-18-16-14-12-10-8-6-4-2/h17-20,37,44H,3-16,21-36H2,1-2H3,(H2,42,43)/b19-17-,20-18-. The summed E-state index contributed by atoms with van der Waals surface area (Å²) in [6.45, 7) is 4.57. The predicted molar refractivity (Wildman–Crippen MR) is 201 cm³/mol. The first-order valence-electron chi connectivity index (χ1n) is 19.5. The summed E-state index contributed by atoms with van der Waals surface area (Å²) < 4.78 is 0. The monoisotopic (exact) mass is 628 g/mol. The van der Waals surface area contributed by atoms with Gasteiger partial charge in [-0.25, -0.2) is 0 Å². The number of aryl methyl sites for hydroxylation is 1. The highest BCUT2D eigenvalue weighted by molar-refractivity contribution is 7.32. The molecule has 0 spiro atoms. The van der Waals surface area contributed by atoms with E-state index >= 15 is 0 Å². The van der Waals surface area contributed by atoms with Crippen molar-refractivity contribution in [2.45, 2.75) is 206 Å². The van der Waals surface area contributed by atoms with Crippen LogP contribution in [0.3, 0.4) is 0 Å². The van der Waals surface area contributed by atoms with Crippen molar-refractivity contribution in [3.05, 3.63) is 46.5 Å². The number of nitrogens with two attached hydrogens (primary N) is 1. The predicted octanol–water partition coefficient (Wildman–Crippen LogP) is 14.0. The average Bonchev–Trinajstić information content (AvgIpc) is 3.43. The van der Waals surface area contributed by atoms with E-state index in [1.807, 2.05) is 0 Å². The molecule has 0 saturated heterocycles. The van der Waals surface area contributed by atoms with E-state index in [0.717, 1.165) is 18.1 Å². The zero-order valence-corrected chi connectivity index (χ0v) is 30.6. The molecular formula is C41H74NOP. The quantitative estimate of drug-likeness (QED) is 0.0611. The van der Waals surface area contributed by atoms with Gasteiger partial charge in [-0.2, -0.15) is 0 Å². The van der Waals surface area contributed by atoms with Crippen LogP contribution in [0.5, 0.6) is 0 Å². The Balaban J connectivity index is 2.06. The van der Waals surface area contributed by atoms with Gasteiger partial charge in [0.2, 0.25) is 0 Å². The number of hydrogen-bond acceptors (Lipinski definition) is 1. The van der Waals surface area contributed by atoms with Crippen molar-refractivity contribution in [1.29, 1.82) is 0 Å². The molecule has 0 aliphatic rings. The Kier molecular flexibility index (Phi) is 29.4. The van der Waals surface area contributed by atoms with Crippen LogP contribution in [0.15, 0.2) is 30.1 Å². The van der Waals surface area contributed by atoms with Crippen LogP contribution in [-0.4, -0.2) is 5.91 Å². The van der Waals surface area contributed by atoms with E-state index in [-0.39, 0.29) is 5.91 Å². The second-order valence-electron chi connectivity index (χ2n) is 13.4. The fraction of sp³-hybridized carbons (Fsp3) is 0.780. The molecule has 3 heteroatoms. The lowest BCUT2D eigenvalue weighted by Crippen LogP contribution is -2.11. The van der Waals surface area contributed by atoms with Crippen molar-refractivity contribution in [2.24, 2.45) is 5.73 Å². The van der Waals surface area contributed by atoms with E-state index in [1.54, 1.807) is 0 Å². The van der Waals surface area contributed by atoms with E-state index in [9.17, 15) is 4.79 Å². The maximum Gasteiger partial charge on any atom is 0.252 e. The molecule has 0 aliphatic heterocycles. The lowest BCUT2D eigenvalue weighted by molar-refractivity contribution is 0.100. The summed E-state index contributed by atoms with van der Waals surface area (Å²) >= 11 is 0. The van der Waals surface area contributed by atoms with Gasteiger partial charge in [0.05, 0.1) is 5.30 Å². The second-order valence-corrected chi connectivity index (χ2v) is 14.5. The third-order valence-corrected chi connectivity index (χ3v) is 10.6. The molecule has 1 rings (SSSR count). The highest BCUT2D eigenvalue weighted by atomic mass is 31.0. The third kappa shape index (κ3) is 24.0. The van der Waals surface area contributed by atoms with Crippen LogP contribution >= 0.6 is 8.19 Å². The Morgan fingerprint density at radius 3 is 1.25 bits per heavy atom. The minimum absolute atomic E-state index is 0.185. The fourth-order valence-electron chi connectivity index (χ4n) is 6.33. The molecule has 1 amide bonds. The zero-order chi connectivity index (χ0) is 31.8. The third-order valence-electron chi connectivity index (χ3n) is 9.22. The number of carbonyl (C=O) groups excluding carboxylic acids is 1. The number of hydrogen-bond donors (Lipinski definition) is 1. The van der Waals surface area contributed by atoms with Gasteiger partial charge in [-0.1, -0.05) is 154 Å². The molecule has 0 fully saturated rings. The van der Waals surface area contributed by atoms with Crippen LogP contribution in [0.1, 0.15) is 215 Å². The molecule has 44 heavy (non-hydrogen) atoms. The molecule has 0 radical (unpaired) electrons. The Morgan fingerprint density at radius 1 is 0.523 bits per heavy atom. The lowest BCUT2D eigenvalue weighted by Gasteiger charge is -2.08. The minimum atomic E-state index is -0.185. The highest BCUT2D eigenvalue weighted by Gasteiger charge is 2.14.